The van der Waals surface area contributed by atoms with Gasteiger partial charge in [-0.15, -0.1) is 22.7 Å². The van der Waals surface area contributed by atoms with Crippen LogP contribution in [0.1, 0.15) is 54.9 Å². The van der Waals surface area contributed by atoms with Gasteiger partial charge >= 0.3 is 0 Å². The molecular formula is C38H33ClN8O6S2. The van der Waals surface area contributed by atoms with Gasteiger partial charge in [0.25, 0.3) is 23.6 Å². The topological polar surface area (TPSA) is 200 Å². The van der Waals surface area contributed by atoms with E-state index in [2.05, 4.69) is 41.7 Å². The Morgan fingerprint density at radius 2 is 1.27 bits per heavy atom. The third-order valence-corrected chi connectivity index (χ3v) is 10.6. The normalized spacial score (nSPS) is 11.0. The van der Waals surface area contributed by atoms with Crippen LogP contribution in [0.5, 0.6) is 0 Å². The smallest absolute Gasteiger partial charge is 0.287 e. The summed E-state index contributed by atoms with van der Waals surface area (Å²) in [5.41, 5.74) is 4.04. The van der Waals surface area contributed by atoms with Gasteiger partial charge in [-0.1, -0.05) is 36.4 Å². The van der Waals surface area contributed by atoms with Crippen molar-refractivity contribution in [1.29, 1.82) is 0 Å². The highest BCUT2D eigenvalue weighted by Gasteiger charge is 2.20. The second kappa shape index (κ2) is 17.3. The van der Waals surface area contributed by atoms with Crippen molar-refractivity contribution in [3.05, 3.63) is 119 Å². The molecule has 0 saturated heterocycles. The maximum Gasteiger partial charge on any atom is 0.287 e. The van der Waals surface area contributed by atoms with E-state index in [4.69, 9.17) is 20.4 Å². The maximum atomic E-state index is 12.8. The highest BCUT2D eigenvalue weighted by atomic mass is 35.5. The van der Waals surface area contributed by atoms with Crippen LogP contribution in [-0.2, 0) is 0 Å². The minimum atomic E-state index is -0.439. The summed E-state index contributed by atoms with van der Waals surface area (Å²) in [4.78, 5) is 53.2. The lowest BCUT2D eigenvalue weighted by Crippen LogP contribution is -2.30. The number of halogens is 1. The van der Waals surface area contributed by atoms with Crippen LogP contribution in [0.2, 0.25) is 5.22 Å². The maximum absolute atomic E-state index is 12.8. The number of carbonyl (C=O) groups is 4. The number of rotatable bonds is 16. The summed E-state index contributed by atoms with van der Waals surface area (Å²) in [6.45, 7) is 1.29. The molecule has 0 unspecified atom stereocenters. The number of benzene rings is 1. The second-order valence-corrected chi connectivity index (χ2v) is 14.4. The second-order valence-electron chi connectivity index (χ2n) is 12.0. The number of nitrogens with one attached hydrogen (secondary N) is 6. The van der Waals surface area contributed by atoms with Gasteiger partial charge in [0.2, 0.25) is 5.22 Å². The predicted molar refractivity (Wildman–Crippen MR) is 209 cm³/mol. The number of carbonyl (C=O) groups excluding carboxylic acids is 4. The molecule has 0 spiro atoms. The fourth-order valence-electron chi connectivity index (χ4n) is 5.50. The lowest BCUT2D eigenvalue weighted by Gasteiger charge is -2.06. The Hall–Kier alpha value is -6.23. The Kier molecular flexibility index (Phi) is 11.7. The minimum Gasteiger partial charge on any atom is -0.459 e. The number of furan rings is 2. The lowest BCUT2D eigenvalue weighted by molar-refractivity contribution is 0.0915. The zero-order chi connectivity index (χ0) is 38.1. The van der Waals surface area contributed by atoms with E-state index in [1.165, 1.54) is 17.6 Å². The summed E-state index contributed by atoms with van der Waals surface area (Å²) < 4.78 is 11.0. The minimum absolute atomic E-state index is 0.0505. The highest BCUT2D eigenvalue weighted by molar-refractivity contribution is 7.18. The molecule has 0 aliphatic heterocycles. The average Bonchev–Trinajstić information content (AvgIpc) is 4.05. The number of H-pyrrole nitrogens is 2. The molecule has 7 aromatic rings. The molecule has 17 heteroatoms. The van der Waals surface area contributed by atoms with Gasteiger partial charge in [0.1, 0.15) is 0 Å². The molecule has 0 saturated carbocycles. The molecule has 280 valence electrons. The van der Waals surface area contributed by atoms with Crippen LogP contribution in [0, 0.1) is 0 Å². The van der Waals surface area contributed by atoms with E-state index in [0.29, 0.717) is 55.8 Å². The first kappa shape index (κ1) is 37.1. The van der Waals surface area contributed by atoms with Crippen LogP contribution in [0.25, 0.3) is 42.7 Å². The third kappa shape index (κ3) is 8.95. The number of hydrogen-bond acceptors (Lipinski definition) is 10. The van der Waals surface area contributed by atoms with Crippen LogP contribution in [-0.4, -0.2) is 70.2 Å². The van der Waals surface area contributed by atoms with Crippen molar-refractivity contribution in [3.8, 4) is 42.7 Å². The molecule has 55 heavy (non-hydrogen) atoms. The van der Waals surface area contributed by atoms with E-state index in [0.717, 1.165) is 25.9 Å². The summed E-state index contributed by atoms with van der Waals surface area (Å²) in [6.07, 6.45) is 2.47. The fourth-order valence-corrected chi connectivity index (χ4v) is 7.47. The molecule has 14 nitrogen and oxygen atoms in total. The third-order valence-electron chi connectivity index (χ3n) is 8.26. The molecule has 0 radical (unpaired) electrons. The number of aromatic nitrogens is 4. The molecule has 0 bridgehead atoms. The lowest BCUT2D eigenvalue weighted by atomic mass is 10.1. The van der Waals surface area contributed by atoms with Crippen molar-refractivity contribution in [3.63, 3.8) is 0 Å². The number of hydrogen-bond donors (Lipinski definition) is 6. The van der Waals surface area contributed by atoms with Gasteiger partial charge < -0.3 is 30.1 Å². The van der Waals surface area contributed by atoms with Gasteiger partial charge in [-0.25, -0.2) is 0 Å². The Morgan fingerprint density at radius 1 is 0.655 bits per heavy atom. The molecule has 6 N–H and O–H groups in total. The summed E-state index contributed by atoms with van der Waals surface area (Å²) in [7, 11) is 0. The van der Waals surface area contributed by atoms with Crippen LogP contribution in [0.4, 0.5) is 0 Å². The van der Waals surface area contributed by atoms with Gasteiger partial charge in [0.15, 0.2) is 22.9 Å². The zero-order valence-electron chi connectivity index (χ0n) is 28.9. The number of aromatic amines is 2. The molecule has 6 heterocycles. The SMILES string of the molecule is O=C(NCCCNC(=O)c1cc(-c2ccc(-c3cc(C(=O)NCCCNC(=O)c4occc4-c4ccccc4)n[nH]3)s2)c(Cl)o1)c1cc(-c2cccs2)[nH]n1. The van der Waals surface area contributed by atoms with Gasteiger partial charge in [-0.3, -0.25) is 29.4 Å². The molecule has 1 aromatic carbocycles. The summed E-state index contributed by atoms with van der Waals surface area (Å²) in [5.74, 6) is -1.15. The molecule has 4 amide bonds. The Bertz CT molecular complexity index is 2410. The van der Waals surface area contributed by atoms with Crippen molar-refractivity contribution < 1.29 is 28.0 Å². The summed E-state index contributed by atoms with van der Waals surface area (Å²) >= 11 is 9.31. The van der Waals surface area contributed by atoms with Gasteiger partial charge in [0.05, 0.1) is 33.0 Å². The number of amides is 4. The Balaban J connectivity index is 0.835. The standard InChI is InChI=1S/C38H33ClN8O6S2/c39-34-24(19-29(53-34)37(50)42-15-5-13-40-35(48)27-20-25(44-46-27)31-9-4-18-54-31)30-10-11-32(55-30)26-21-28(47-45-26)36(49)41-14-6-16-43-38(51)33-23(12-17-52-33)22-7-2-1-3-8-22/h1-4,7-12,17-21H,5-6,13-16H2,(H,40,48)(H,41,49)(H,42,50)(H,43,51)(H,44,46)(H,45,47). The molecule has 0 aliphatic rings. The van der Waals surface area contributed by atoms with E-state index in [9.17, 15) is 19.2 Å². The Labute approximate surface area is 326 Å². The summed E-state index contributed by atoms with van der Waals surface area (Å²) in [6, 6.07) is 23.7. The van der Waals surface area contributed by atoms with E-state index < -0.39 is 5.91 Å². The monoisotopic (exact) mass is 796 g/mol. The largest absolute Gasteiger partial charge is 0.459 e. The fraction of sp³-hybridized carbons (Fsp3) is 0.158. The first-order valence-electron chi connectivity index (χ1n) is 17.1. The van der Waals surface area contributed by atoms with Crippen molar-refractivity contribution in [1.82, 2.24) is 41.7 Å². The molecule has 6 aromatic heterocycles. The molecule has 0 aliphatic carbocycles. The van der Waals surface area contributed by atoms with Gasteiger partial charge in [-0.05, 0) is 77.9 Å². The van der Waals surface area contributed by atoms with Crippen LogP contribution < -0.4 is 21.3 Å². The van der Waals surface area contributed by atoms with Gasteiger partial charge in [0, 0.05) is 36.6 Å². The Morgan fingerprint density at radius 3 is 1.93 bits per heavy atom. The van der Waals surface area contributed by atoms with E-state index >= 15 is 0 Å². The molecule has 0 fully saturated rings. The van der Waals surface area contributed by atoms with Crippen LogP contribution >= 0.6 is 34.3 Å². The summed E-state index contributed by atoms with van der Waals surface area (Å²) in [5, 5.41) is 27.2. The van der Waals surface area contributed by atoms with Crippen molar-refractivity contribution in [2.24, 2.45) is 0 Å². The van der Waals surface area contributed by atoms with Crippen molar-refractivity contribution in [2.45, 2.75) is 12.8 Å². The first-order chi connectivity index (χ1) is 26.8. The molecular weight excluding hydrogens is 764 g/mol. The van der Waals surface area contributed by atoms with Crippen molar-refractivity contribution in [2.75, 3.05) is 26.2 Å². The first-order valence-corrected chi connectivity index (χ1v) is 19.2. The molecule has 0 atom stereocenters. The van der Waals surface area contributed by atoms with E-state index in [-0.39, 0.29) is 45.8 Å². The van der Waals surface area contributed by atoms with Crippen LogP contribution in [0.3, 0.4) is 0 Å². The quantitative estimate of drug-likeness (QED) is 0.0570. The van der Waals surface area contributed by atoms with E-state index in [1.54, 1.807) is 35.6 Å². The number of nitrogens with zero attached hydrogens (tertiary/aromatic N) is 2. The number of thiophene rings is 2. The highest BCUT2D eigenvalue weighted by Crippen LogP contribution is 2.39. The van der Waals surface area contributed by atoms with Crippen LogP contribution in [0.15, 0.2) is 99.3 Å². The zero-order valence-corrected chi connectivity index (χ0v) is 31.3. The average molecular weight is 797 g/mol. The van der Waals surface area contributed by atoms with Crippen molar-refractivity contribution >= 4 is 57.9 Å². The van der Waals surface area contributed by atoms with Gasteiger partial charge in [-0.2, -0.15) is 10.2 Å². The van der Waals surface area contributed by atoms with E-state index in [1.807, 2.05) is 60.0 Å². The predicted octanol–water partition coefficient (Wildman–Crippen LogP) is 6.86. The molecule has 7 rings (SSSR count).